The van der Waals surface area contributed by atoms with E-state index in [-0.39, 0.29) is 25.1 Å². The second kappa shape index (κ2) is 7.59. The van der Waals surface area contributed by atoms with Crippen LogP contribution in [0, 0.1) is 0 Å². The van der Waals surface area contributed by atoms with E-state index in [1.165, 1.54) is 0 Å². The van der Waals surface area contributed by atoms with Crippen LogP contribution in [0.15, 0.2) is 48.6 Å². The fourth-order valence-corrected chi connectivity index (χ4v) is 5.06. The van der Waals surface area contributed by atoms with Gasteiger partial charge in [0.15, 0.2) is 9.75 Å². The smallest absolute Gasteiger partial charge is 0.254 e. The van der Waals surface area contributed by atoms with Crippen LogP contribution in [-0.2, 0) is 9.59 Å². The van der Waals surface area contributed by atoms with Gasteiger partial charge in [-0.15, -0.1) is 23.2 Å². The Kier molecular flexibility index (Phi) is 5.73. The second-order valence-corrected chi connectivity index (χ2v) is 8.07. The molecular formula is C19H18BrCl2NO4. The predicted octanol–water partition coefficient (Wildman–Crippen LogP) is 3.33. The highest BCUT2D eigenvalue weighted by Gasteiger charge is 2.72. The molecule has 0 spiro atoms. The molecule has 3 rings (SSSR count). The van der Waals surface area contributed by atoms with E-state index in [1.807, 2.05) is 0 Å². The van der Waals surface area contributed by atoms with E-state index in [4.69, 9.17) is 33.0 Å². The molecule has 1 aliphatic heterocycles. The van der Waals surface area contributed by atoms with Crippen LogP contribution in [0.25, 0.3) is 0 Å². The van der Waals surface area contributed by atoms with Crippen LogP contribution in [0.4, 0.5) is 0 Å². The lowest BCUT2D eigenvalue weighted by atomic mass is 9.68. The van der Waals surface area contributed by atoms with E-state index in [1.54, 1.807) is 36.4 Å². The maximum absolute atomic E-state index is 13.2. The number of aliphatic hydroxyl groups excluding tert-OH is 1. The van der Waals surface area contributed by atoms with Crippen LogP contribution >= 0.6 is 39.1 Å². The average Bonchev–Trinajstić information content (AvgIpc) is 2.83. The number of allylic oxidation sites excluding steroid dienone is 3. The molecule has 0 aromatic heterocycles. The van der Waals surface area contributed by atoms with Gasteiger partial charge >= 0.3 is 0 Å². The van der Waals surface area contributed by atoms with E-state index in [0.29, 0.717) is 16.9 Å². The number of ether oxygens (including phenoxy) is 1. The maximum Gasteiger partial charge on any atom is 0.254 e. The first-order valence-corrected chi connectivity index (χ1v) is 10.2. The third-order valence-corrected chi connectivity index (χ3v) is 6.92. The fraction of sp³-hybridized carbons (Fsp3) is 0.368. The van der Waals surface area contributed by atoms with Gasteiger partial charge in [0.2, 0.25) is 0 Å². The van der Waals surface area contributed by atoms with E-state index in [9.17, 15) is 9.59 Å². The van der Waals surface area contributed by atoms with Crippen molar-refractivity contribution in [3.8, 4) is 5.75 Å². The maximum atomic E-state index is 13.2. The molecule has 0 unspecified atom stereocenters. The Morgan fingerprint density at radius 2 is 2.04 bits per heavy atom. The number of hydrogen-bond donors (Lipinski definition) is 1. The molecule has 0 bridgehead atoms. The quantitative estimate of drug-likeness (QED) is 0.390. The third-order valence-electron chi connectivity index (χ3n) is 5.00. The third kappa shape index (κ3) is 2.85. The van der Waals surface area contributed by atoms with Gasteiger partial charge in [-0.3, -0.25) is 14.5 Å². The molecule has 1 aromatic rings. The molecule has 0 radical (unpaired) electrons. The van der Waals surface area contributed by atoms with E-state index in [2.05, 4.69) is 22.5 Å². The summed E-state index contributed by atoms with van der Waals surface area (Å²) in [7, 11) is 0. The zero-order valence-electron chi connectivity index (χ0n) is 14.3. The van der Waals surface area contributed by atoms with Crippen molar-refractivity contribution < 1.29 is 19.4 Å². The number of likely N-dealkylation sites (tertiary alicyclic amines) is 1. The molecule has 27 heavy (non-hydrogen) atoms. The van der Waals surface area contributed by atoms with Gasteiger partial charge in [0.1, 0.15) is 12.4 Å². The van der Waals surface area contributed by atoms with Crippen LogP contribution < -0.4 is 4.74 Å². The number of carbonyl (C=O) groups is 2. The molecule has 5 nitrogen and oxygen atoms in total. The Balaban J connectivity index is 2.23. The van der Waals surface area contributed by atoms with Crippen molar-refractivity contribution in [2.75, 3.05) is 18.7 Å². The van der Waals surface area contributed by atoms with E-state index >= 15 is 0 Å². The molecule has 1 heterocycles. The Hall–Kier alpha value is -1.34. The molecular weight excluding hydrogens is 457 g/mol. The van der Waals surface area contributed by atoms with Gasteiger partial charge in [0.05, 0.1) is 12.1 Å². The van der Waals surface area contributed by atoms with Crippen LogP contribution in [-0.4, -0.2) is 50.2 Å². The number of halogens is 3. The number of imide groups is 1. The highest BCUT2D eigenvalue weighted by atomic mass is 79.9. The number of fused-ring (bicyclic) bond motifs is 1. The molecule has 1 fully saturated rings. The molecule has 1 N–H and O–H groups in total. The lowest BCUT2D eigenvalue weighted by Crippen LogP contribution is -2.55. The first-order chi connectivity index (χ1) is 12.9. The molecule has 144 valence electrons. The predicted molar refractivity (Wildman–Crippen MR) is 107 cm³/mol. The minimum atomic E-state index is -1.73. The fourth-order valence-electron chi connectivity index (χ4n) is 3.73. The largest absolute Gasteiger partial charge is 0.491 e. The number of para-hydroxylation sites is 1. The number of benzene rings is 1. The Morgan fingerprint density at radius 1 is 1.33 bits per heavy atom. The van der Waals surface area contributed by atoms with Gasteiger partial charge in [-0.1, -0.05) is 52.9 Å². The number of carbonyl (C=O) groups excluding carboxylic acids is 2. The second-order valence-electron chi connectivity index (χ2n) is 6.33. The van der Waals surface area contributed by atoms with E-state index < -0.39 is 27.5 Å². The summed E-state index contributed by atoms with van der Waals surface area (Å²) in [6, 6.07) is 7.06. The van der Waals surface area contributed by atoms with Crippen molar-refractivity contribution in [3.05, 3.63) is 54.1 Å². The minimum absolute atomic E-state index is 0.00636. The highest BCUT2D eigenvalue weighted by Crippen LogP contribution is 2.60. The first-order valence-electron chi connectivity index (χ1n) is 8.32. The zero-order chi connectivity index (χ0) is 19.8. The summed E-state index contributed by atoms with van der Waals surface area (Å²) < 4.78 is 5.64. The molecule has 1 aromatic carbocycles. The molecule has 0 saturated carbocycles. The Morgan fingerprint density at radius 3 is 2.67 bits per heavy atom. The number of amides is 2. The summed E-state index contributed by atoms with van der Waals surface area (Å²) in [5.74, 6) is -1.37. The minimum Gasteiger partial charge on any atom is -0.491 e. The SMILES string of the molecule is C=CC1=CC[C@@]2(Cl)C(=O)N(CBr)C(=O)[C@@]2(Cl)[C@H]1c1ccccc1OCCO. The van der Waals surface area contributed by atoms with E-state index in [0.717, 1.165) is 4.90 Å². The zero-order valence-corrected chi connectivity index (χ0v) is 17.4. The topological polar surface area (TPSA) is 66.8 Å². The van der Waals surface area contributed by atoms with Crippen LogP contribution in [0.5, 0.6) is 5.75 Å². The first kappa shape index (κ1) is 20.4. The van der Waals surface area contributed by atoms with Crippen molar-refractivity contribution in [1.82, 2.24) is 4.90 Å². The molecule has 2 aliphatic rings. The summed E-state index contributed by atoms with van der Waals surface area (Å²) in [5, 5.41) is 9.10. The molecule has 8 heteroatoms. The molecule has 3 atom stereocenters. The standard InChI is InChI=1S/C19H18BrCl2NO4/c1-2-12-7-8-18(21)16(25)23(11-20)17(26)19(18,22)15(12)13-5-3-4-6-14(13)27-10-9-24/h2-7,15,24H,1,8-11H2/t15-,18-,19+/m1/s1. The lowest BCUT2D eigenvalue weighted by molar-refractivity contribution is -0.138. The highest BCUT2D eigenvalue weighted by molar-refractivity contribution is 9.09. The summed E-state index contributed by atoms with van der Waals surface area (Å²) in [6.07, 6.45) is 3.52. The van der Waals surface area contributed by atoms with Gasteiger partial charge in [0, 0.05) is 11.5 Å². The molecule has 1 aliphatic carbocycles. The van der Waals surface area contributed by atoms with Gasteiger partial charge in [-0.05, 0) is 18.1 Å². The van der Waals surface area contributed by atoms with Crippen molar-refractivity contribution in [2.24, 2.45) is 0 Å². The van der Waals surface area contributed by atoms with Crippen molar-refractivity contribution in [3.63, 3.8) is 0 Å². The van der Waals surface area contributed by atoms with Gasteiger partial charge in [-0.25, -0.2) is 0 Å². The average molecular weight is 475 g/mol. The van der Waals surface area contributed by atoms with Gasteiger partial charge < -0.3 is 9.84 Å². The molecule has 1 saturated heterocycles. The number of hydrogen-bond acceptors (Lipinski definition) is 4. The van der Waals surface area contributed by atoms with Crippen LogP contribution in [0.3, 0.4) is 0 Å². The summed E-state index contributed by atoms with van der Waals surface area (Å²) in [6.45, 7) is 3.75. The Labute approximate surface area is 175 Å². The summed E-state index contributed by atoms with van der Waals surface area (Å²) >= 11 is 16.9. The summed E-state index contributed by atoms with van der Waals surface area (Å²) in [4.78, 5) is 23.8. The number of nitrogens with zero attached hydrogens (tertiary/aromatic N) is 1. The van der Waals surface area contributed by atoms with Gasteiger partial charge in [-0.2, -0.15) is 0 Å². The van der Waals surface area contributed by atoms with Gasteiger partial charge in [0.25, 0.3) is 11.8 Å². The lowest BCUT2D eigenvalue weighted by Gasteiger charge is -2.42. The number of rotatable bonds is 6. The van der Waals surface area contributed by atoms with Crippen molar-refractivity contribution in [1.29, 1.82) is 0 Å². The van der Waals surface area contributed by atoms with Crippen molar-refractivity contribution >= 4 is 50.9 Å². The Bertz CT molecular complexity index is 830. The van der Waals surface area contributed by atoms with Crippen molar-refractivity contribution in [2.45, 2.75) is 22.1 Å². The molecule has 2 amide bonds. The van der Waals surface area contributed by atoms with Crippen LogP contribution in [0.1, 0.15) is 17.9 Å². The summed E-state index contributed by atoms with van der Waals surface area (Å²) in [5.41, 5.74) is 1.31. The number of aliphatic hydroxyl groups is 1. The monoisotopic (exact) mass is 473 g/mol. The normalized spacial score (nSPS) is 30.1. The number of alkyl halides is 3. The van der Waals surface area contributed by atoms with Crippen LogP contribution in [0.2, 0.25) is 0 Å².